The summed E-state index contributed by atoms with van der Waals surface area (Å²) < 4.78 is 27.5. The van der Waals surface area contributed by atoms with Gasteiger partial charge in [-0.3, -0.25) is 9.59 Å². The van der Waals surface area contributed by atoms with E-state index in [1.807, 2.05) is 6.92 Å². The van der Waals surface area contributed by atoms with Crippen LogP contribution in [0, 0.1) is 5.92 Å². The first-order valence-electron chi connectivity index (χ1n) is 8.12. The minimum atomic E-state index is -3.09. The molecule has 2 amide bonds. The van der Waals surface area contributed by atoms with Gasteiger partial charge in [0.2, 0.25) is 0 Å². The van der Waals surface area contributed by atoms with Gasteiger partial charge in [0, 0.05) is 23.8 Å². The van der Waals surface area contributed by atoms with E-state index in [1.165, 1.54) is 26.0 Å². The van der Waals surface area contributed by atoms with Gasteiger partial charge in [-0.1, -0.05) is 26.5 Å². The van der Waals surface area contributed by atoms with Crippen LogP contribution in [0.1, 0.15) is 41.0 Å². The summed E-state index contributed by atoms with van der Waals surface area (Å²) >= 11 is 0. The quantitative estimate of drug-likeness (QED) is 0.560. The van der Waals surface area contributed by atoms with Crippen molar-refractivity contribution in [3.63, 3.8) is 0 Å². The summed E-state index contributed by atoms with van der Waals surface area (Å²) in [6.45, 7) is 10.4. The van der Waals surface area contributed by atoms with Gasteiger partial charge in [0.25, 0.3) is 17.7 Å². The molecule has 0 radical (unpaired) electrons. The number of hydrogen-bond donors (Lipinski definition) is 1. The Kier molecular flexibility index (Phi) is 6.60. The molecule has 1 aliphatic rings. The highest BCUT2D eigenvalue weighted by molar-refractivity contribution is 6.20. The number of imide groups is 1. The standard InChI is InChI=1S/C19H25F2NO3/c1-7-12(4)16(9-8-15(11(2)3)19(6,20)21)22-17(24)13(5)14(10-23)18(22)25/h8-9,12,23H,2,7,10H2,1,3-6H3/b15-8+,16-9+. The number of aliphatic hydroxyl groups is 1. The van der Waals surface area contributed by atoms with Crippen LogP contribution < -0.4 is 0 Å². The van der Waals surface area contributed by atoms with Crippen LogP contribution in [-0.4, -0.2) is 34.4 Å². The first kappa shape index (κ1) is 21.0. The van der Waals surface area contributed by atoms with Crippen molar-refractivity contribution in [1.29, 1.82) is 0 Å². The van der Waals surface area contributed by atoms with Gasteiger partial charge in [-0.15, -0.1) is 0 Å². The largest absolute Gasteiger partial charge is 0.391 e. The number of carbonyl (C=O) groups is 2. The minimum Gasteiger partial charge on any atom is -0.391 e. The molecule has 1 aliphatic heterocycles. The van der Waals surface area contributed by atoms with Crippen LogP contribution in [0.15, 0.2) is 46.7 Å². The monoisotopic (exact) mass is 353 g/mol. The Morgan fingerprint density at radius 1 is 1.32 bits per heavy atom. The van der Waals surface area contributed by atoms with Crippen molar-refractivity contribution in [2.45, 2.75) is 47.0 Å². The molecule has 0 aromatic heterocycles. The Morgan fingerprint density at radius 2 is 1.88 bits per heavy atom. The molecule has 0 aromatic carbocycles. The number of aliphatic hydroxyl groups excluding tert-OH is 1. The third-order valence-electron chi connectivity index (χ3n) is 4.32. The van der Waals surface area contributed by atoms with Crippen LogP contribution in [0.5, 0.6) is 0 Å². The van der Waals surface area contributed by atoms with Crippen LogP contribution in [-0.2, 0) is 9.59 Å². The van der Waals surface area contributed by atoms with Gasteiger partial charge < -0.3 is 5.11 Å². The highest BCUT2D eigenvalue weighted by atomic mass is 19.3. The summed E-state index contributed by atoms with van der Waals surface area (Å²) in [6, 6.07) is 0. The van der Waals surface area contributed by atoms with E-state index in [-0.39, 0.29) is 28.2 Å². The van der Waals surface area contributed by atoms with Gasteiger partial charge in [-0.25, -0.2) is 13.7 Å². The van der Waals surface area contributed by atoms with Crippen molar-refractivity contribution in [2.24, 2.45) is 5.92 Å². The third-order valence-corrected chi connectivity index (χ3v) is 4.32. The summed E-state index contributed by atoms with van der Waals surface area (Å²) in [5, 5.41) is 9.32. The fourth-order valence-corrected chi connectivity index (χ4v) is 2.61. The zero-order valence-corrected chi connectivity index (χ0v) is 15.3. The molecule has 4 nitrogen and oxygen atoms in total. The number of nitrogens with zero attached hydrogens (tertiary/aromatic N) is 1. The van der Waals surface area contributed by atoms with E-state index in [4.69, 9.17) is 0 Å². The van der Waals surface area contributed by atoms with E-state index >= 15 is 0 Å². The number of alkyl halides is 2. The molecule has 1 atom stereocenters. The van der Waals surface area contributed by atoms with Crippen LogP contribution in [0.4, 0.5) is 8.78 Å². The van der Waals surface area contributed by atoms with Crippen molar-refractivity contribution in [3.8, 4) is 0 Å². The lowest BCUT2D eigenvalue weighted by molar-refractivity contribution is -0.135. The first-order chi connectivity index (χ1) is 11.5. The molecule has 0 saturated carbocycles. The molecule has 25 heavy (non-hydrogen) atoms. The topological polar surface area (TPSA) is 57.6 Å². The molecule has 6 heteroatoms. The Hall–Kier alpha value is -2.08. The molecule has 1 heterocycles. The molecule has 0 saturated heterocycles. The Labute approximate surface area is 147 Å². The predicted octanol–water partition coefficient (Wildman–Crippen LogP) is 3.75. The lowest BCUT2D eigenvalue weighted by atomic mass is 9.99. The lowest BCUT2D eigenvalue weighted by Gasteiger charge is -2.24. The molecule has 0 fully saturated rings. The maximum absolute atomic E-state index is 13.7. The van der Waals surface area contributed by atoms with Crippen molar-refractivity contribution in [2.75, 3.05) is 6.61 Å². The third kappa shape index (κ3) is 4.31. The van der Waals surface area contributed by atoms with Crippen molar-refractivity contribution < 1.29 is 23.5 Å². The maximum Gasteiger partial charge on any atom is 0.270 e. The number of carbonyl (C=O) groups excluding carboxylic acids is 2. The molecule has 0 bridgehead atoms. The molecule has 138 valence electrons. The molecule has 1 N–H and O–H groups in total. The number of halogens is 2. The lowest BCUT2D eigenvalue weighted by Crippen LogP contribution is -2.34. The predicted molar refractivity (Wildman–Crippen MR) is 92.7 cm³/mol. The van der Waals surface area contributed by atoms with Gasteiger partial charge in [0.1, 0.15) is 0 Å². The van der Waals surface area contributed by atoms with Gasteiger partial charge in [0.15, 0.2) is 0 Å². The second-order valence-corrected chi connectivity index (χ2v) is 6.36. The minimum absolute atomic E-state index is 0.0316. The summed E-state index contributed by atoms with van der Waals surface area (Å²) in [5.74, 6) is -4.45. The summed E-state index contributed by atoms with van der Waals surface area (Å²) in [7, 11) is 0. The smallest absolute Gasteiger partial charge is 0.270 e. The highest BCUT2D eigenvalue weighted by Crippen LogP contribution is 2.32. The Balaban J connectivity index is 3.45. The Bertz CT molecular complexity index is 681. The van der Waals surface area contributed by atoms with Gasteiger partial charge >= 0.3 is 0 Å². The van der Waals surface area contributed by atoms with Gasteiger partial charge in [0.05, 0.1) is 12.2 Å². The molecule has 1 unspecified atom stereocenters. The summed E-state index contributed by atoms with van der Waals surface area (Å²) in [6.07, 6.45) is 3.19. The van der Waals surface area contributed by atoms with E-state index in [2.05, 4.69) is 6.58 Å². The van der Waals surface area contributed by atoms with E-state index in [0.29, 0.717) is 12.1 Å². The van der Waals surface area contributed by atoms with Crippen LogP contribution in [0.2, 0.25) is 0 Å². The van der Waals surface area contributed by atoms with E-state index in [1.54, 1.807) is 6.92 Å². The number of hydrogen-bond acceptors (Lipinski definition) is 3. The second kappa shape index (κ2) is 7.87. The molecule has 0 aliphatic carbocycles. The maximum atomic E-state index is 13.7. The van der Waals surface area contributed by atoms with Gasteiger partial charge in [-0.05, 0) is 37.8 Å². The Morgan fingerprint density at radius 3 is 2.24 bits per heavy atom. The van der Waals surface area contributed by atoms with Gasteiger partial charge in [-0.2, -0.15) is 0 Å². The summed E-state index contributed by atoms with van der Waals surface area (Å²) in [4.78, 5) is 25.9. The fourth-order valence-electron chi connectivity index (χ4n) is 2.61. The SMILES string of the molecule is C=C(C)/C(=C\C=C(/C(C)CC)N1C(=O)C(C)=C(CO)C1=O)C(C)(F)F. The average Bonchev–Trinajstić information content (AvgIpc) is 2.71. The van der Waals surface area contributed by atoms with Crippen LogP contribution in [0.3, 0.4) is 0 Å². The fraction of sp³-hybridized carbons (Fsp3) is 0.474. The van der Waals surface area contributed by atoms with E-state index in [0.717, 1.165) is 11.8 Å². The van der Waals surface area contributed by atoms with Crippen molar-refractivity contribution in [3.05, 3.63) is 46.7 Å². The number of allylic oxidation sites excluding steroid dienone is 5. The zero-order chi connectivity index (χ0) is 19.5. The summed E-state index contributed by atoms with van der Waals surface area (Å²) in [5.41, 5.74) is 0.468. The van der Waals surface area contributed by atoms with Crippen molar-refractivity contribution in [1.82, 2.24) is 4.90 Å². The molecule has 0 aromatic rings. The number of rotatable bonds is 7. The number of amides is 2. The van der Waals surface area contributed by atoms with E-state index in [9.17, 15) is 23.5 Å². The van der Waals surface area contributed by atoms with Crippen LogP contribution >= 0.6 is 0 Å². The first-order valence-corrected chi connectivity index (χ1v) is 8.12. The highest BCUT2D eigenvalue weighted by Gasteiger charge is 2.38. The normalized spacial score (nSPS) is 18.3. The molecule has 0 spiro atoms. The van der Waals surface area contributed by atoms with Crippen LogP contribution in [0.25, 0.3) is 0 Å². The zero-order valence-electron chi connectivity index (χ0n) is 15.3. The molecular formula is C19H25F2NO3. The second-order valence-electron chi connectivity index (χ2n) is 6.36. The van der Waals surface area contributed by atoms with Crippen molar-refractivity contribution >= 4 is 11.8 Å². The average molecular weight is 353 g/mol. The van der Waals surface area contributed by atoms with E-state index < -0.39 is 24.3 Å². The molecule has 1 rings (SSSR count). The molecular weight excluding hydrogens is 328 g/mol.